The number of alkyl halides is 1. The third-order valence-electron chi connectivity index (χ3n) is 2.72. The fourth-order valence-electron chi connectivity index (χ4n) is 1.91. The predicted molar refractivity (Wildman–Crippen MR) is 58.8 cm³/mol. The van der Waals surface area contributed by atoms with Crippen LogP contribution in [0.1, 0.15) is 25.7 Å². The Hall–Kier alpha value is -0.770. The summed E-state index contributed by atoms with van der Waals surface area (Å²) in [7, 11) is 1.70. The first-order valence-electron chi connectivity index (χ1n) is 5.24. The highest BCUT2D eigenvalue weighted by Crippen LogP contribution is 2.24. The van der Waals surface area contributed by atoms with Gasteiger partial charge in [-0.3, -0.25) is 10.1 Å². The summed E-state index contributed by atoms with van der Waals surface area (Å²) in [6.07, 6.45) is 4.86. The molecule has 1 aliphatic rings. The van der Waals surface area contributed by atoms with Gasteiger partial charge in [0.1, 0.15) is 5.88 Å². The van der Waals surface area contributed by atoms with E-state index in [9.17, 15) is 9.59 Å². The van der Waals surface area contributed by atoms with E-state index in [2.05, 4.69) is 5.32 Å². The summed E-state index contributed by atoms with van der Waals surface area (Å²) in [5, 5.41) is 2.22. The van der Waals surface area contributed by atoms with Crippen LogP contribution in [0.3, 0.4) is 0 Å². The lowest BCUT2D eigenvalue weighted by Crippen LogP contribution is -2.42. The largest absolute Gasteiger partial charge is 0.327 e. The number of hydrogen-bond acceptors (Lipinski definition) is 2. The monoisotopic (exact) mass is 232 g/mol. The second-order valence-electron chi connectivity index (χ2n) is 4.02. The van der Waals surface area contributed by atoms with Crippen molar-refractivity contribution < 1.29 is 9.59 Å². The molecule has 1 saturated carbocycles. The molecule has 0 aliphatic heterocycles. The summed E-state index contributed by atoms with van der Waals surface area (Å²) in [5.41, 5.74) is 0. The van der Waals surface area contributed by atoms with Gasteiger partial charge in [-0.25, -0.2) is 4.79 Å². The molecular formula is C10H17ClN2O2. The van der Waals surface area contributed by atoms with Crippen LogP contribution >= 0.6 is 11.6 Å². The molecule has 86 valence electrons. The van der Waals surface area contributed by atoms with Gasteiger partial charge in [0.2, 0.25) is 5.91 Å². The van der Waals surface area contributed by atoms with Gasteiger partial charge in [-0.1, -0.05) is 12.8 Å². The molecule has 0 unspecified atom stereocenters. The fourth-order valence-corrected chi connectivity index (χ4v) is 1.98. The zero-order valence-electron chi connectivity index (χ0n) is 8.96. The molecule has 0 radical (unpaired) electrons. The molecule has 0 saturated heterocycles. The maximum absolute atomic E-state index is 11.4. The molecule has 0 heterocycles. The van der Waals surface area contributed by atoms with Crippen LogP contribution in [0.25, 0.3) is 0 Å². The normalized spacial score (nSPS) is 16.4. The smallest absolute Gasteiger partial charge is 0.323 e. The minimum Gasteiger partial charge on any atom is -0.327 e. The Morgan fingerprint density at radius 3 is 2.53 bits per heavy atom. The zero-order chi connectivity index (χ0) is 11.3. The van der Waals surface area contributed by atoms with Gasteiger partial charge in [0.15, 0.2) is 0 Å². The standard InChI is InChI=1S/C10H17ClN2O2/c1-13(7-8-4-2-3-5-8)10(15)12-9(14)6-11/h8H,2-7H2,1H3,(H,12,14,15). The van der Waals surface area contributed by atoms with Crippen molar-refractivity contribution in [1.82, 2.24) is 10.2 Å². The number of carbonyl (C=O) groups excluding carboxylic acids is 2. The number of hydrogen-bond donors (Lipinski definition) is 1. The van der Waals surface area contributed by atoms with Crippen molar-refractivity contribution in [3.63, 3.8) is 0 Å². The van der Waals surface area contributed by atoms with Gasteiger partial charge < -0.3 is 4.90 Å². The maximum atomic E-state index is 11.4. The van der Waals surface area contributed by atoms with Crippen LogP contribution in [-0.4, -0.2) is 36.3 Å². The Morgan fingerprint density at radius 2 is 2.00 bits per heavy atom. The summed E-state index contributed by atoms with van der Waals surface area (Å²) >= 11 is 5.29. The minimum atomic E-state index is -0.445. The lowest BCUT2D eigenvalue weighted by molar-refractivity contribution is -0.117. The topological polar surface area (TPSA) is 49.4 Å². The molecule has 0 aromatic carbocycles. The first-order chi connectivity index (χ1) is 7.13. The van der Waals surface area contributed by atoms with E-state index in [4.69, 9.17) is 11.6 Å². The molecule has 1 rings (SSSR count). The Balaban J connectivity index is 2.28. The molecule has 1 N–H and O–H groups in total. The fraction of sp³-hybridized carbons (Fsp3) is 0.800. The number of carbonyl (C=O) groups is 2. The molecule has 0 aromatic heterocycles. The summed E-state index contributed by atoms with van der Waals surface area (Å²) in [6, 6.07) is -0.354. The van der Waals surface area contributed by atoms with Crippen LogP contribution in [-0.2, 0) is 4.79 Å². The summed E-state index contributed by atoms with van der Waals surface area (Å²) in [4.78, 5) is 23.9. The zero-order valence-corrected chi connectivity index (χ0v) is 9.72. The van der Waals surface area contributed by atoms with E-state index < -0.39 is 5.91 Å². The number of urea groups is 1. The van der Waals surface area contributed by atoms with Crippen LogP contribution in [0.5, 0.6) is 0 Å². The van der Waals surface area contributed by atoms with Gasteiger partial charge in [-0.15, -0.1) is 11.6 Å². The number of halogens is 1. The lowest BCUT2D eigenvalue weighted by Gasteiger charge is -2.20. The van der Waals surface area contributed by atoms with Crippen molar-refractivity contribution >= 4 is 23.5 Å². The van der Waals surface area contributed by atoms with Crippen molar-refractivity contribution in [1.29, 1.82) is 0 Å². The Morgan fingerprint density at radius 1 is 1.40 bits per heavy atom. The van der Waals surface area contributed by atoms with Crippen LogP contribution < -0.4 is 5.32 Å². The van der Waals surface area contributed by atoms with E-state index in [1.165, 1.54) is 25.7 Å². The highest BCUT2D eigenvalue weighted by molar-refractivity contribution is 6.28. The van der Waals surface area contributed by atoms with Gasteiger partial charge in [0.05, 0.1) is 0 Å². The first-order valence-corrected chi connectivity index (χ1v) is 5.78. The second kappa shape index (κ2) is 5.95. The van der Waals surface area contributed by atoms with Crippen LogP contribution in [0, 0.1) is 5.92 Å². The van der Waals surface area contributed by atoms with Crippen molar-refractivity contribution in [2.24, 2.45) is 5.92 Å². The number of nitrogens with zero attached hydrogens (tertiary/aromatic N) is 1. The Bertz CT molecular complexity index is 240. The van der Waals surface area contributed by atoms with Gasteiger partial charge >= 0.3 is 6.03 Å². The quantitative estimate of drug-likeness (QED) is 0.752. The van der Waals surface area contributed by atoms with Gasteiger partial charge in [-0.05, 0) is 18.8 Å². The highest BCUT2D eigenvalue weighted by atomic mass is 35.5. The van der Waals surface area contributed by atoms with Crippen LogP contribution in [0.2, 0.25) is 0 Å². The maximum Gasteiger partial charge on any atom is 0.323 e. The van der Waals surface area contributed by atoms with Crippen LogP contribution in [0.15, 0.2) is 0 Å². The average Bonchev–Trinajstić information content (AvgIpc) is 2.70. The molecule has 1 aliphatic carbocycles. The summed E-state index contributed by atoms with van der Waals surface area (Å²) in [6.45, 7) is 0.724. The highest BCUT2D eigenvalue weighted by Gasteiger charge is 2.20. The number of nitrogens with one attached hydrogen (secondary N) is 1. The van der Waals surface area contributed by atoms with Crippen LogP contribution in [0.4, 0.5) is 4.79 Å². The van der Waals surface area contributed by atoms with E-state index in [1.807, 2.05) is 0 Å². The summed E-state index contributed by atoms with van der Waals surface area (Å²) in [5.74, 6) is -0.0324. The molecule has 5 heteroatoms. The Kier molecular flexibility index (Phi) is 4.88. The average molecular weight is 233 g/mol. The molecule has 1 fully saturated rings. The Labute approximate surface area is 95.0 Å². The third-order valence-corrected chi connectivity index (χ3v) is 2.96. The van der Waals surface area contributed by atoms with E-state index in [-0.39, 0.29) is 11.9 Å². The minimum absolute atomic E-state index is 0.178. The van der Waals surface area contributed by atoms with E-state index in [0.29, 0.717) is 5.92 Å². The number of imide groups is 1. The van der Waals surface area contributed by atoms with Crippen molar-refractivity contribution in [2.45, 2.75) is 25.7 Å². The molecule has 15 heavy (non-hydrogen) atoms. The van der Waals surface area contributed by atoms with Crippen molar-refractivity contribution in [2.75, 3.05) is 19.5 Å². The van der Waals surface area contributed by atoms with Gasteiger partial charge in [0, 0.05) is 13.6 Å². The molecule has 0 atom stereocenters. The van der Waals surface area contributed by atoms with Crippen molar-refractivity contribution in [3.05, 3.63) is 0 Å². The molecular weight excluding hydrogens is 216 g/mol. The molecule has 0 bridgehead atoms. The first kappa shape index (κ1) is 12.3. The van der Waals surface area contributed by atoms with E-state index in [1.54, 1.807) is 11.9 Å². The van der Waals surface area contributed by atoms with E-state index in [0.717, 1.165) is 6.54 Å². The molecule has 3 amide bonds. The predicted octanol–water partition coefficient (Wildman–Crippen LogP) is 1.58. The second-order valence-corrected chi connectivity index (χ2v) is 4.29. The lowest BCUT2D eigenvalue weighted by atomic mass is 10.1. The third kappa shape index (κ3) is 4.08. The molecule has 0 aromatic rings. The van der Waals surface area contributed by atoms with Gasteiger partial charge in [-0.2, -0.15) is 0 Å². The SMILES string of the molecule is CN(CC1CCCC1)C(=O)NC(=O)CCl. The summed E-state index contributed by atoms with van der Waals surface area (Å²) < 4.78 is 0. The molecule has 0 spiro atoms. The van der Waals surface area contributed by atoms with E-state index >= 15 is 0 Å². The molecule has 4 nitrogen and oxygen atoms in total. The van der Waals surface area contributed by atoms with Crippen molar-refractivity contribution in [3.8, 4) is 0 Å². The number of amides is 3. The number of rotatable bonds is 3. The van der Waals surface area contributed by atoms with Gasteiger partial charge in [0.25, 0.3) is 0 Å².